The fraction of sp³-hybridized carbons (Fsp3) is 0.0556. The van der Waals surface area contributed by atoms with Gasteiger partial charge in [-0.1, -0.05) is 52.5 Å². The average Bonchev–Trinajstić information content (AvgIpc) is 3.02. The summed E-state index contributed by atoms with van der Waals surface area (Å²) in [7, 11) is 0. The van der Waals surface area contributed by atoms with Crippen molar-refractivity contribution in [2.24, 2.45) is 5.10 Å². The number of nitrogens with one attached hydrogen (secondary N) is 1. The van der Waals surface area contributed by atoms with E-state index in [9.17, 15) is 0 Å². The summed E-state index contributed by atoms with van der Waals surface area (Å²) in [6.07, 6.45) is 1.57. The molecule has 3 aromatic rings. The molecule has 3 rings (SSSR count). The third kappa shape index (κ3) is 4.50. The molecule has 0 amide bonds. The first-order chi connectivity index (χ1) is 12.0. The van der Waals surface area contributed by atoms with E-state index in [0.717, 1.165) is 11.1 Å². The zero-order valence-corrected chi connectivity index (χ0v) is 15.8. The maximum atomic E-state index is 6.18. The van der Waals surface area contributed by atoms with Crippen LogP contribution in [0.4, 0.5) is 0 Å². The van der Waals surface area contributed by atoms with Crippen LogP contribution in [0.5, 0.6) is 0 Å². The lowest BCUT2D eigenvalue weighted by Gasteiger charge is -2.05. The minimum absolute atomic E-state index is 0.408. The molecule has 0 fully saturated rings. The summed E-state index contributed by atoms with van der Waals surface area (Å²) in [5.41, 5.74) is 4.45. The van der Waals surface area contributed by atoms with Crippen LogP contribution in [0.15, 0.2) is 58.0 Å². The average molecular weight is 414 g/mol. The van der Waals surface area contributed by atoms with Gasteiger partial charge in [-0.3, -0.25) is 0 Å². The third-order valence-corrected chi connectivity index (χ3v) is 4.68. The second kappa shape index (κ2) is 8.15. The van der Waals surface area contributed by atoms with Gasteiger partial charge in [0.1, 0.15) is 11.5 Å². The topological polar surface area (TPSA) is 37.5 Å². The Morgan fingerprint density at radius 2 is 1.68 bits per heavy atom. The van der Waals surface area contributed by atoms with Gasteiger partial charge in [0, 0.05) is 26.2 Å². The van der Waals surface area contributed by atoms with Crippen molar-refractivity contribution in [3.05, 3.63) is 79.9 Å². The second-order valence-electron chi connectivity index (χ2n) is 5.12. The summed E-state index contributed by atoms with van der Waals surface area (Å²) in [6.45, 7) is 0.408. The monoisotopic (exact) mass is 412 g/mol. The second-order valence-corrected chi connectivity index (χ2v) is 6.78. The summed E-state index contributed by atoms with van der Waals surface area (Å²) in [4.78, 5) is 0. The number of hydrogen-bond acceptors (Lipinski definition) is 3. The number of benzene rings is 2. The Morgan fingerprint density at radius 1 is 0.920 bits per heavy atom. The Morgan fingerprint density at radius 3 is 2.40 bits per heavy atom. The summed E-state index contributed by atoms with van der Waals surface area (Å²) >= 11 is 24.3. The van der Waals surface area contributed by atoms with Crippen LogP contribution in [-0.2, 0) is 6.54 Å². The first-order valence-corrected chi connectivity index (χ1v) is 8.80. The number of halogens is 4. The van der Waals surface area contributed by atoms with Crippen molar-refractivity contribution in [1.82, 2.24) is 5.43 Å². The predicted molar refractivity (Wildman–Crippen MR) is 105 cm³/mol. The molecule has 3 nitrogen and oxygen atoms in total. The van der Waals surface area contributed by atoms with Crippen molar-refractivity contribution < 1.29 is 4.42 Å². The van der Waals surface area contributed by atoms with Crippen LogP contribution in [-0.4, -0.2) is 6.21 Å². The zero-order valence-electron chi connectivity index (χ0n) is 12.8. The van der Waals surface area contributed by atoms with Gasteiger partial charge < -0.3 is 9.84 Å². The summed E-state index contributed by atoms with van der Waals surface area (Å²) in [6, 6.07) is 14.2. The van der Waals surface area contributed by atoms with E-state index in [0.29, 0.717) is 38.2 Å². The van der Waals surface area contributed by atoms with Crippen molar-refractivity contribution in [2.45, 2.75) is 6.54 Å². The normalized spacial score (nSPS) is 11.2. The van der Waals surface area contributed by atoms with Crippen LogP contribution in [0.25, 0.3) is 11.3 Å². The molecule has 7 heteroatoms. The van der Waals surface area contributed by atoms with Crippen molar-refractivity contribution in [1.29, 1.82) is 0 Å². The third-order valence-electron chi connectivity index (χ3n) is 3.42. The van der Waals surface area contributed by atoms with Gasteiger partial charge in [0.25, 0.3) is 0 Å². The van der Waals surface area contributed by atoms with Crippen LogP contribution in [0.1, 0.15) is 11.3 Å². The smallest absolute Gasteiger partial charge is 0.147 e. The van der Waals surface area contributed by atoms with Crippen molar-refractivity contribution in [3.8, 4) is 11.3 Å². The molecule has 128 valence electrons. The molecule has 0 atom stereocenters. The van der Waals surface area contributed by atoms with Crippen LogP contribution in [0.3, 0.4) is 0 Å². The molecule has 1 N–H and O–H groups in total. The highest BCUT2D eigenvalue weighted by molar-refractivity contribution is 6.36. The fourth-order valence-corrected chi connectivity index (χ4v) is 3.22. The number of rotatable bonds is 5. The molecule has 0 spiro atoms. The number of hydrogen-bond donors (Lipinski definition) is 1. The molecule has 2 aromatic carbocycles. The highest BCUT2D eigenvalue weighted by Gasteiger charge is 2.08. The fourth-order valence-electron chi connectivity index (χ4n) is 2.19. The molecular formula is C18H12Cl4N2O. The van der Waals surface area contributed by atoms with Crippen molar-refractivity contribution in [3.63, 3.8) is 0 Å². The van der Waals surface area contributed by atoms with Gasteiger partial charge in [0.2, 0.25) is 0 Å². The Labute approximate surface area is 165 Å². The molecular weight excluding hydrogens is 402 g/mol. The molecule has 1 aromatic heterocycles. The van der Waals surface area contributed by atoms with Gasteiger partial charge in [-0.2, -0.15) is 5.10 Å². The van der Waals surface area contributed by atoms with E-state index in [1.165, 1.54) is 0 Å². The predicted octanol–water partition coefficient (Wildman–Crippen LogP) is 6.68. The highest BCUT2D eigenvalue weighted by atomic mass is 35.5. The maximum absolute atomic E-state index is 6.18. The standard InChI is InChI=1S/C18H12Cl4N2O/c19-11-4-6-13(17(22)8-11)18-7-5-12(25-18)9-23-24-10-14-15(20)2-1-3-16(14)21/h1-9,24H,10H2/b23-9+. The lowest BCUT2D eigenvalue weighted by molar-refractivity contribution is 0.573. The Hall–Kier alpha value is -1.65. The van der Waals surface area contributed by atoms with Crippen molar-refractivity contribution >= 4 is 52.6 Å². The van der Waals surface area contributed by atoms with E-state index >= 15 is 0 Å². The Bertz CT molecular complexity index is 901. The molecule has 0 aliphatic carbocycles. The first-order valence-electron chi connectivity index (χ1n) is 7.28. The molecule has 0 aliphatic heterocycles. The van der Waals surface area contributed by atoms with Crippen LogP contribution < -0.4 is 5.43 Å². The summed E-state index contributed by atoms with van der Waals surface area (Å²) in [5.74, 6) is 1.22. The van der Waals surface area contributed by atoms with Gasteiger partial charge >= 0.3 is 0 Å². The Kier molecular flexibility index (Phi) is 5.92. The van der Waals surface area contributed by atoms with E-state index < -0.39 is 0 Å². The molecule has 0 saturated carbocycles. The van der Waals surface area contributed by atoms with E-state index in [4.69, 9.17) is 50.8 Å². The molecule has 0 aliphatic rings. The Balaban J connectivity index is 1.66. The van der Waals surface area contributed by atoms with Crippen LogP contribution >= 0.6 is 46.4 Å². The zero-order chi connectivity index (χ0) is 17.8. The molecule has 0 bridgehead atoms. The van der Waals surface area contributed by atoms with Gasteiger partial charge in [-0.15, -0.1) is 0 Å². The number of hydrazone groups is 1. The van der Waals surface area contributed by atoms with Gasteiger partial charge in [-0.05, 0) is 42.5 Å². The summed E-state index contributed by atoms with van der Waals surface area (Å²) in [5, 5.41) is 6.40. The van der Waals surface area contributed by atoms with E-state index in [1.54, 1.807) is 42.6 Å². The largest absolute Gasteiger partial charge is 0.455 e. The molecule has 1 heterocycles. The molecule has 0 radical (unpaired) electrons. The first kappa shape index (κ1) is 18.2. The lowest BCUT2D eigenvalue weighted by atomic mass is 10.2. The van der Waals surface area contributed by atoms with Gasteiger partial charge in [0.15, 0.2) is 0 Å². The summed E-state index contributed by atoms with van der Waals surface area (Å²) < 4.78 is 5.72. The van der Waals surface area contributed by atoms with Crippen LogP contribution in [0, 0.1) is 0 Å². The minimum atomic E-state index is 0.408. The molecule has 0 unspecified atom stereocenters. The van der Waals surface area contributed by atoms with E-state index in [1.807, 2.05) is 12.1 Å². The SMILES string of the molecule is Clc1ccc(-c2ccc(/C=N/NCc3c(Cl)cccc3Cl)o2)c(Cl)c1. The van der Waals surface area contributed by atoms with Gasteiger partial charge in [0.05, 0.1) is 17.8 Å². The van der Waals surface area contributed by atoms with Gasteiger partial charge in [-0.25, -0.2) is 0 Å². The van der Waals surface area contributed by atoms with E-state index in [2.05, 4.69) is 10.5 Å². The quantitative estimate of drug-likeness (QED) is 0.374. The van der Waals surface area contributed by atoms with Crippen LogP contribution in [0.2, 0.25) is 20.1 Å². The number of furan rings is 1. The van der Waals surface area contributed by atoms with Crippen molar-refractivity contribution in [2.75, 3.05) is 0 Å². The number of nitrogens with zero attached hydrogens (tertiary/aromatic N) is 1. The molecule has 25 heavy (non-hydrogen) atoms. The minimum Gasteiger partial charge on any atom is -0.455 e. The lowest BCUT2D eigenvalue weighted by Crippen LogP contribution is -2.06. The van der Waals surface area contributed by atoms with E-state index in [-0.39, 0.29) is 0 Å². The molecule has 0 saturated heterocycles. The highest BCUT2D eigenvalue weighted by Crippen LogP contribution is 2.31. The maximum Gasteiger partial charge on any atom is 0.147 e.